The number of imidazole rings is 1. The number of benzene rings is 1. The Morgan fingerprint density at radius 3 is 2.68 bits per heavy atom. The molecule has 0 radical (unpaired) electrons. The fraction of sp³-hybridized carbons (Fsp3) is 0.579. The molecule has 0 spiro atoms. The molecule has 1 aliphatic heterocycles. The normalized spacial score (nSPS) is 18.8. The lowest BCUT2D eigenvalue weighted by molar-refractivity contribution is 0.0219. The number of nitrogens with zero attached hydrogens (tertiary/aromatic N) is 2. The number of H-pyrrole nitrogens is 1. The lowest BCUT2D eigenvalue weighted by Crippen LogP contribution is -2.37. The van der Waals surface area contributed by atoms with Crippen molar-refractivity contribution in [2.24, 2.45) is 0 Å². The minimum Gasteiger partial charge on any atom is -0.444 e. The fourth-order valence-corrected chi connectivity index (χ4v) is 4.40. The molecule has 136 valence electrons. The third kappa shape index (κ3) is 3.89. The van der Waals surface area contributed by atoms with Crippen molar-refractivity contribution in [3.8, 4) is 0 Å². The maximum atomic E-state index is 12.5. The summed E-state index contributed by atoms with van der Waals surface area (Å²) in [7, 11) is -1.36. The number of aromatic nitrogens is 2. The van der Waals surface area contributed by atoms with Crippen LogP contribution in [0.4, 0.5) is 4.79 Å². The Hall–Kier alpha value is -1.82. The SMILES string of the molecule is CC(C)(C)OC(=O)N1CCC[C@H]1c1nc2ccc([Si](C)(C)C)cc2[nH]1. The summed E-state index contributed by atoms with van der Waals surface area (Å²) in [6.45, 7) is 13.4. The molecule has 1 aliphatic rings. The van der Waals surface area contributed by atoms with E-state index in [-0.39, 0.29) is 12.1 Å². The van der Waals surface area contributed by atoms with Crippen molar-refractivity contribution >= 4 is 30.4 Å². The van der Waals surface area contributed by atoms with E-state index in [2.05, 4.69) is 42.8 Å². The van der Waals surface area contributed by atoms with Crippen LogP contribution in [-0.2, 0) is 4.74 Å². The number of nitrogens with one attached hydrogen (secondary N) is 1. The van der Waals surface area contributed by atoms with Crippen LogP contribution in [0.1, 0.15) is 45.5 Å². The Labute approximate surface area is 150 Å². The summed E-state index contributed by atoms with van der Waals surface area (Å²) in [5, 5.41) is 1.41. The first-order valence-electron chi connectivity index (χ1n) is 9.04. The van der Waals surface area contributed by atoms with Gasteiger partial charge in [-0.1, -0.05) is 30.9 Å². The number of carbonyl (C=O) groups is 1. The van der Waals surface area contributed by atoms with E-state index in [9.17, 15) is 4.79 Å². The van der Waals surface area contributed by atoms with Crippen LogP contribution >= 0.6 is 0 Å². The highest BCUT2D eigenvalue weighted by atomic mass is 28.3. The van der Waals surface area contributed by atoms with Crippen LogP contribution in [0.3, 0.4) is 0 Å². The minimum absolute atomic E-state index is 0.0300. The highest BCUT2D eigenvalue weighted by Gasteiger charge is 2.35. The van der Waals surface area contributed by atoms with Gasteiger partial charge in [0.2, 0.25) is 0 Å². The van der Waals surface area contributed by atoms with Gasteiger partial charge in [-0.15, -0.1) is 0 Å². The van der Waals surface area contributed by atoms with Gasteiger partial charge < -0.3 is 9.72 Å². The average molecular weight is 360 g/mol. The van der Waals surface area contributed by atoms with Crippen molar-refractivity contribution in [3.05, 3.63) is 24.0 Å². The molecule has 1 amide bonds. The van der Waals surface area contributed by atoms with Gasteiger partial charge in [-0.05, 0) is 45.7 Å². The maximum absolute atomic E-state index is 12.5. The first-order chi connectivity index (χ1) is 11.5. The van der Waals surface area contributed by atoms with Crippen LogP contribution in [0.15, 0.2) is 18.2 Å². The Bertz CT molecular complexity index is 786. The van der Waals surface area contributed by atoms with Gasteiger partial charge in [0.05, 0.1) is 25.1 Å². The van der Waals surface area contributed by atoms with Crippen molar-refractivity contribution in [1.82, 2.24) is 14.9 Å². The topological polar surface area (TPSA) is 58.2 Å². The quantitative estimate of drug-likeness (QED) is 0.818. The summed E-state index contributed by atoms with van der Waals surface area (Å²) in [5.74, 6) is 0.867. The van der Waals surface area contributed by atoms with E-state index in [1.54, 1.807) is 0 Å². The number of hydrogen-bond donors (Lipinski definition) is 1. The molecule has 1 aromatic carbocycles. The molecule has 2 heterocycles. The molecule has 1 fully saturated rings. The summed E-state index contributed by atoms with van der Waals surface area (Å²) in [6.07, 6.45) is 1.64. The molecule has 3 rings (SSSR count). The molecule has 25 heavy (non-hydrogen) atoms. The Morgan fingerprint density at radius 2 is 2.04 bits per heavy atom. The van der Waals surface area contributed by atoms with Crippen molar-refractivity contribution in [2.45, 2.75) is 64.9 Å². The second-order valence-electron chi connectivity index (χ2n) is 8.94. The Morgan fingerprint density at radius 1 is 1.32 bits per heavy atom. The zero-order chi connectivity index (χ0) is 18.4. The molecule has 1 N–H and O–H groups in total. The Kier molecular flexibility index (Phi) is 4.43. The second-order valence-corrected chi connectivity index (χ2v) is 14.0. The fourth-order valence-electron chi connectivity index (χ4n) is 3.24. The largest absolute Gasteiger partial charge is 0.444 e. The summed E-state index contributed by atoms with van der Waals surface area (Å²) in [5.41, 5.74) is 1.55. The van der Waals surface area contributed by atoms with Crippen LogP contribution in [0, 0.1) is 0 Å². The minimum atomic E-state index is -1.36. The molecule has 0 unspecified atom stereocenters. The third-order valence-corrected chi connectivity index (χ3v) is 6.61. The van der Waals surface area contributed by atoms with Gasteiger partial charge in [-0.3, -0.25) is 4.90 Å². The number of rotatable bonds is 2. The molecule has 1 saturated heterocycles. The molecule has 1 aromatic heterocycles. The van der Waals surface area contributed by atoms with E-state index < -0.39 is 13.7 Å². The van der Waals surface area contributed by atoms with Gasteiger partial charge in [0.25, 0.3) is 0 Å². The summed E-state index contributed by atoms with van der Waals surface area (Å²) >= 11 is 0. The summed E-state index contributed by atoms with van der Waals surface area (Å²) < 4.78 is 5.56. The number of ether oxygens (including phenoxy) is 1. The molecule has 0 saturated carbocycles. The highest BCUT2D eigenvalue weighted by Crippen LogP contribution is 2.32. The van der Waals surface area contributed by atoms with Crippen molar-refractivity contribution < 1.29 is 9.53 Å². The lowest BCUT2D eigenvalue weighted by atomic mass is 10.2. The molecule has 1 atom stereocenters. The van der Waals surface area contributed by atoms with Gasteiger partial charge >= 0.3 is 6.09 Å². The monoisotopic (exact) mass is 359 g/mol. The predicted molar refractivity (Wildman–Crippen MR) is 104 cm³/mol. The third-order valence-electron chi connectivity index (χ3n) is 4.56. The molecular weight excluding hydrogens is 330 g/mol. The van der Waals surface area contributed by atoms with Gasteiger partial charge in [-0.2, -0.15) is 0 Å². The van der Waals surface area contributed by atoms with Crippen molar-refractivity contribution in [2.75, 3.05) is 6.54 Å². The first-order valence-corrected chi connectivity index (χ1v) is 12.5. The number of hydrogen-bond acceptors (Lipinski definition) is 3. The van der Waals surface area contributed by atoms with E-state index >= 15 is 0 Å². The lowest BCUT2D eigenvalue weighted by Gasteiger charge is -2.27. The van der Waals surface area contributed by atoms with E-state index in [1.165, 1.54) is 5.19 Å². The van der Waals surface area contributed by atoms with E-state index in [1.807, 2.05) is 25.7 Å². The van der Waals surface area contributed by atoms with Gasteiger partial charge in [0.1, 0.15) is 11.4 Å². The molecular formula is C19H29N3O2Si. The van der Waals surface area contributed by atoms with Crippen LogP contribution in [0.2, 0.25) is 19.6 Å². The van der Waals surface area contributed by atoms with E-state index in [0.717, 1.165) is 36.2 Å². The predicted octanol–water partition coefficient (Wildman–Crippen LogP) is 4.18. The van der Waals surface area contributed by atoms with Crippen LogP contribution in [0.25, 0.3) is 11.0 Å². The molecule has 5 nitrogen and oxygen atoms in total. The van der Waals surface area contributed by atoms with Crippen LogP contribution in [0.5, 0.6) is 0 Å². The average Bonchev–Trinajstić information content (AvgIpc) is 3.10. The first kappa shape index (κ1) is 18.0. The number of aromatic amines is 1. The molecule has 6 heteroatoms. The van der Waals surface area contributed by atoms with Gasteiger partial charge in [0.15, 0.2) is 0 Å². The summed E-state index contributed by atoms with van der Waals surface area (Å²) in [4.78, 5) is 22.5. The van der Waals surface area contributed by atoms with E-state index in [0.29, 0.717) is 0 Å². The maximum Gasteiger partial charge on any atom is 0.410 e. The molecule has 0 bridgehead atoms. The Balaban J connectivity index is 1.88. The number of carbonyl (C=O) groups excluding carboxylic acids is 1. The van der Waals surface area contributed by atoms with Crippen molar-refractivity contribution in [3.63, 3.8) is 0 Å². The zero-order valence-electron chi connectivity index (χ0n) is 16.1. The summed E-state index contributed by atoms with van der Waals surface area (Å²) in [6, 6.07) is 6.48. The number of likely N-dealkylation sites (tertiary alicyclic amines) is 1. The number of amides is 1. The smallest absolute Gasteiger partial charge is 0.410 e. The molecule has 2 aromatic rings. The standard InChI is InChI=1S/C19H29N3O2Si/c1-19(2,3)24-18(23)22-11-7-8-16(22)17-20-14-10-9-13(25(4,5)6)12-15(14)21-17/h9-10,12,16H,7-8,11H2,1-6H3,(H,20,21)/t16-/m0/s1. The highest BCUT2D eigenvalue weighted by molar-refractivity contribution is 6.88. The van der Waals surface area contributed by atoms with E-state index in [4.69, 9.17) is 9.72 Å². The molecule has 0 aliphatic carbocycles. The van der Waals surface area contributed by atoms with Crippen LogP contribution < -0.4 is 5.19 Å². The van der Waals surface area contributed by atoms with Crippen molar-refractivity contribution in [1.29, 1.82) is 0 Å². The number of fused-ring (bicyclic) bond motifs is 1. The van der Waals surface area contributed by atoms with Gasteiger partial charge in [-0.25, -0.2) is 9.78 Å². The second kappa shape index (κ2) is 6.16. The van der Waals surface area contributed by atoms with Gasteiger partial charge in [0, 0.05) is 6.54 Å². The van der Waals surface area contributed by atoms with Crippen LogP contribution in [-0.4, -0.2) is 41.2 Å². The zero-order valence-corrected chi connectivity index (χ0v) is 17.1.